The molecule has 1 aliphatic carbocycles. The van der Waals surface area contributed by atoms with Crippen LogP contribution in [-0.2, 0) is 9.53 Å². The molecule has 0 spiro atoms. The summed E-state index contributed by atoms with van der Waals surface area (Å²) in [6.45, 7) is 4.53. The van der Waals surface area contributed by atoms with Crippen LogP contribution in [0.5, 0.6) is 17.2 Å². The maximum absolute atomic E-state index is 12.9. The number of esters is 1. The highest BCUT2D eigenvalue weighted by Gasteiger charge is 2.44. The molecular formula is C28H36O8. The number of hydrogen-bond donors (Lipinski definition) is 1. The summed E-state index contributed by atoms with van der Waals surface area (Å²) < 4.78 is 28.1. The van der Waals surface area contributed by atoms with Gasteiger partial charge in [-0.05, 0) is 55.7 Å². The molecular weight excluding hydrogens is 464 g/mol. The zero-order valence-electron chi connectivity index (χ0n) is 21.5. The van der Waals surface area contributed by atoms with Crippen LogP contribution in [0.3, 0.4) is 0 Å². The van der Waals surface area contributed by atoms with E-state index in [1.54, 1.807) is 31.4 Å². The number of rotatable bonds is 9. The first-order chi connectivity index (χ1) is 17.4. The molecule has 2 unspecified atom stereocenters. The van der Waals surface area contributed by atoms with E-state index in [4.69, 9.17) is 23.4 Å². The molecule has 1 saturated carbocycles. The summed E-state index contributed by atoms with van der Waals surface area (Å²) in [7, 11) is 3.09. The second-order valence-electron chi connectivity index (χ2n) is 9.85. The third kappa shape index (κ3) is 5.38. The van der Waals surface area contributed by atoms with Crippen LogP contribution < -0.4 is 19.8 Å². The summed E-state index contributed by atoms with van der Waals surface area (Å²) >= 11 is 0. The summed E-state index contributed by atoms with van der Waals surface area (Å²) in [5, 5.41) is 11.1. The average molecular weight is 501 g/mol. The van der Waals surface area contributed by atoms with Gasteiger partial charge >= 0.3 is 11.6 Å². The third-order valence-electron chi connectivity index (χ3n) is 7.53. The fraction of sp³-hybridized carbons (Fsp3) is 0.571. The maximum Gasteiger partial charge on any atom is 0.345 e. The second-order valence-corrected chi connectivity index (χ2v) is 9.85. The Morgan fingerprint density at radius 1 is 1.17 bits per heavy atom. The van der Waals surface area contributed by atoms with Crippen molar-refractivity contribution in [3.8, 4) is 28.6 Å². The van der Waals surface area contributed by atoms with Crippen LogP contribution in [0.4, 0.5) is 0 Å². The summed E-state index contributed by atoms with van der Waals surface area (Å²) in [6, 6.07) is 6.90. The number of unbranched alkanes of at least 4 members (excludes halogenated alkanes) is 1. The van der Waals surface area contributed by atoms with Crippen LogP contribution in [0.2, 0.25) is 0 Å². The lowest BCUT2D eigenvalue weighted by Crippen LogP contribution is -2.44. The Bertz CT molecular complexity index is 1120. The molecule has 8 heteroatoms. The molecule has 2 aromatic rings. The molecule has 36 heavy (non-hydrogen) atoms. The van der Waals surface area contributed by atoms with Crippen LogP contribution in [0.1, 0.15) is 64.0 Å². The van der Waals surface area contributed by atoms with E-state index in [1.165, 1.54) is 7.11 Å². The van der Waals surface area contributed by atoms with E-state index < -0.39 is 11.7 Å². The van der Waals surface area contributed by atoms with Crippen molar-refractivity contribution < 1.29 is 33.3 Å². The molecule has 0 bridgehead atoms. The Morgan fingerprint density at radius 2 is 1.94 bits per heavy atom. The molecule has 1 aliphatic heterocycles. The molecule has 0 radical (unpaired) electrons. The number of aliphatic hydroxyl groups excluding tert-OH is 1. The zero-order valence-corrected chi connectivity index (χ0v) is 21.5. The van der Waals surface area contributed by atoms with Crippen LogP contribution in [-0.4, -0.2) is 38.0 Å². The lowest BCUT2D eigenvalue weighted by Gasteiger charge is -2.43. The van der Waals surface area contributed by atoms with Gasteiger partial charge in [-0.3, -0.25) is 4.79 Å². The SMILES string of the molecule is CCCCC(=O)OCC(C)[C@H]1CCC2[C@H](C1)Oc1cc(-c3ccc(OC)c(OC)c3)oc(=O)c1[C@H]2O. The minimum atomic E-state index is -0.947. The molecule has 1 aromatic carbocycles. The molecule has 4 rings (SSSR count). The smallest absolute Gasteiger partial charge is 0.345 e. The van der Waals surface area contributed by atoms with Gasteiger partial charge < -0.3 is 28.5 Å². The molecule has 1 N–H and O–H groups in total. The van der Waals surface area contributed by atoms with Gasteiger partial charge in [0.1, 0.15) is 23.2 Å². The van der Waals surface area contributed by atoms with Gasteiger partial charge in [0.2, 0.25) is 0 Å². The summed E-state index contributed by atoms with van der Waals surface area (Å²) in [4.78, 5) is 24.8. The van der Waals surface area contributed by atoms with Crippen LogP contribution >= 0.6 is 0 Å². The normalized spacial score (nSPS) is 23.6. The van der Waals surface area contributed by atoms with Gasteiger partial charge in [0.15, 0.2) is 11.5 Å². The molecule has 1 fully saturated rings. The second kappa shape index (κ2) is 11.4. The largest absolute Gasteiger partial charge is 0.493 e. The highest BCUT2D eigenvalue weighted by molar-refractivity contribution is 5.69. The Hall–Kier alpha value is -3.00. The number of fused-ring (bicyclic) bond motifs is 2. The van der Waals surface area contributed by atoms with E-state index in [9.17, 15) is 14.7 Å². The van der Waals surface area contributed by atoms with Gasteiger partial charge in [0.25, 0.3) is 0 Å². The van der Waals surface area contributed by atoms with E-state index in [0.717, 1.165) is 32.1 Å². The molecule has 0 amide bonds. The quantitative estimate of drug-likeness (QED) is 0.485. The first-order valence-electron chi connectivity index (χ1n) is 12.8. The topological polar surface area (TPSA) is 104 Å². The summed E-state index contributed by atoms with van der Waals surface area (Å²) in [5.41, 5.74) is 0.211. The van der Waals surface area contributed by atoms with Gasteiger partial charge in [0.05, 0.1) is 26.9 Å². The lowest BCUT2D eigenvalue weighted by atomic mass is 9.71. The minimum Gasteiger partial charge on any atom is -0.493 e. The highest BCUT2D eigenvalue weighted by atomic mass is 16.5. The van der Waals surface area contributed by atoms with Gasteiger partial charge in [0, 0.05) is 24.0 Å². The van der Waals surface area contributed by atoms with Gasteiger partial charge in [-0.25, -0.2) is 4.79 Å². The molecule has 1 aromatic heterocycles. The Labute approximate surface area is 211 Å². The van der Waals surface area contributed by atoms with E-state index in [2.05, 4.69) is 6.92 Å². The average Bonchev–Trinajstić information content (AvgIpc) is 2.89. The van der Waals surface area contributed by atoms with E-state index in [-0.39, 0.29) is 29.5 Å². The monoisotopic (exact) mass is 500 g/mol. The van der Waals surface area contributed by atoms with Gasteiger partial charge in [-0.1, -0.05) is 20.3 Å². The van der Waals surface area contributed by atoms with Crippen molar-refractivity contribution in [2.75, 3.05) is 20.8 Å². The van der Waals surface area contributed by atoms with E-state index >= 15 is 0 Å². The fourth-order valence-electron chi connectivity index (χ4n) is 5.31. The molecule has 2 heterocycles. The van der Waals surface area contributed by atoms with E-state index in [1.807, 2.05) is 6.92 Å². The number of ether oxygens (including phenoxy) is 4. The highest BCUT2D eigenvalue weighted by Crippen LogP contribution is 2.47. The first kappa shape index (κ1) is 26.1. The predicted molar refractivity (Wildman–Crippen MR) is 133 cm³/mol. The number of carbonyl (C=O) groups excluding carboxylic acids is 1. The van der Waals surface area contributed by atoms with Crippen molar-refractivity contribution in [1.82, 2.24) is 0 Å². The van der Waals surface area contributed by atoms with Crippen molar-refractivity contribution in [1.29, 1.82) is 0 Å². The Kier molecular flexibility index (Phi) is 8.24. The first-order valence-corrected chi connectivity index (χ1v) is 12.8. The number of methoxy groups -OCH3 is 2. The number of benzene rings is 1. The van der Waals surface area contributed by atoms with Crippen molar-refractivity contribution >= 4 is 5.97 Å². The number of carbonyl (C=O) groups is 1. The minimum absolute atomic E-state index is 0.148. The summed E-state index contributed by atoms with van der Waals surface area (Å²) in [5.74, 6) is 1.90. The number of aliphatic hydroxyl groups is 1. The molecule has 2 aliphatic rings. The van der Waals surface area contributed by atoms with Gasteiger partial charge in [-0.2, -0.15) is 0 Å². The molecule has 5 atom stereocenters. The third-order valence-corrected chi connectivity index (χ3v) is 7.53. The molecule has 196 valence electrons. The van der Waals surface area contributed by atoms with E-state index in [0.29, 0.717) is 47.5 Å². The number of hydrogen-bond acceptors (Lipinski definition) is 8. The Morgan fingerprint density at radius 3 is 2.67 bits per heavy atom. The fourth-order valence-corrected chi connectivity index (χ4v) is 5.31. The Balaban J connectivity index is 1.51. The van der Waals surface area contributed by atoms with Gasteiger partial charge in [-0.15, -0.1) is 0 Å². The molecule has 0 saturated heterocycles. The maximum atomic E-state index is 12.9. The lowest BCUT2D eigenvalue weighted by molar-refractivity contribution is -0.146. The van der Waals surface area contributed by atoms with Crippen molar-refractivity contribution in [3.63, 3.8) is 0 Å². The van der Waals surface area contributed by atoms with Crippen molar-refractivity contribution in [2.45, 2.75) is 64.6 Å². The van der Waals surface area contributed by atoms with Crippen LogP contribution in [0.25, 0.3) is 11.3 Å². The van der Waals surface area contributed by atoms with Crippen molar-refractivity contribution in [3.05, 3.63) is 40.2 Å². The van der Waals surface area contributed by atoms with Crippen LogP contribution in [0, 0.1) is 17.8 Å². The van der Waals surface area contributed by atoms with Crippen LogP contribution in [0.15, 0.2) is 33.5 Å². The zero-order chi connectivity index (χ0) is 25.8. The van der Waals surface area contributed by atoms with Crippen molar-refractivity contribution in [2.24, 2.45) is 17.8 Å². The summed E-state index contributed by atoms with van der Waals surface area (Å²) in [6.07, 6.45) is 3.40. The standard InChI is InChI=1S/C28H36O8/c1-5-6-7-25(29)34-15-16(2)17-8-10-19-22(12-17)35-24-14-21(36-28(31)26(24)27(19)30)18-9-11-20(32-3)23(13-18)33-4/h9,11,13-14,16-17,19,22,27,30H,5-8,10,12,15H2,1-4H3/t16?,17-,19?,22-,27-/m0/s1. The molecule has 8 nitrogen and oxygen atoms in total. The predicted octanol–water partition coefficient (Wildman–Crippen LogP) is 4.90.